The Kier molecular flexibility index (Phi) is 3.51. The number of amides is 1. The van der Waals surface area contributed by atoms with E-state index in [1.54, 1.807) is 11.0 Å². The van der Waals surface area contributed by atoms with Crippen LogP contribution < -0.4 is 5.56 Å². The molecule has 5 nitrogen and oxygen atoms in total. The SMILES string of the molecule is C[C@@H]1CN(C(=O)c2cc(=O)[nH]c3ccccc23)C[C@@H](C)O1. The lowest BCUT2D eigenvalue weighted by atomic mass is 10.1. The van der Waals surface area contributed by atoms with E-state index in [-0.39, 0.29) is 23.7 Å². The second kappa shape index (κ2) is 5.33. The number of nitrogens with zero attached hydrogens (tertiary/aromatic N) is 1. The number of para-hydroxylation sites is 1. The van der Waals surface area contributed by atoms with Crippen molar-refractivity contribution in [3.8, 4) is 0 Å². The first kappa shape index (κ1) is 13.8. The average molecular weight is 286 g/mol. The number of carbonyl (C=O) groups excluding carboxylic acids is 1. The lowest BCUT2D eigenvalue weighted by molar-refractivity contribution is -0.0585. The second-order valence-electron chi connectivity index (χ2n) is 5.56. The zero-order valence-corrected chi connectivity index (χ0v) is 12.1. The number of carbonyl (C=O) groups is 1. The van der Waals surface area contributed by atoms with Gasteiger partial charge >= 0.3 is 0 Å². The van der Waals surface area contributed by atoms with Gasteiger partial charge in [-0.05, 0) is 19.9 Å². The third kappa shape index (κ3) is 2.69. The van der Waals surface area contributed by atoms with Gasteiger partial charge < -0.3 is 14.6 Å². The maximum absolute atomic E-state index is 12.8. The van der Waals surface area contributed by atoms with Crippen molar-refractivity contribution in [3.63, 3.8) is 0 Å². The molecule has 0 spiro atoms. The number of pyridine rings is 1. The first-order valence-corrected chi connectivity index (χ1v) is 7.11. The van der Waals surface area contributed by atoms with Crippen molar-refractivity contribution in [1.82, 2.24) is 9.88 Å². The number of aromatic nitrogens is 1. The molecule has 0 bridgehead atoms. The smallest absolute Gasteiger partial charge is 0.254 e. The van der Waals surface area contributed by atoms with Crippen LogP contribution in [0.2, 0.25) is 0 Å². The second-order valence-corrected chi connectivity index (χ2v) is 5.56. The summed E-state index contributed by atoms with van der Waals surface area (Å²) in [4.78, 5) is 29.1. The molecule has 5 heteroatoms. The van der Waals surface area contributed by atoms with Gasteiger partial charge in [0.2, 0.25) is 5.56 Å². The molecule has 110 valence electrons. The molecular formula is C16H18N2O3. The molecule has 0 radical (unpaired) electrons. The Morgan fingerprint density at radius 2 is 1.90 bits per heavy atom. The molecule has 2 heterocycles. The number of nitrogens with one attached hydrogen (secondary N) is 1. The van der Waals surface area contributed by atoms with Crippen LogP contribution in [0.5, 0.6) is 0 Å². The monoisotopic (exact) mass is 286 g/mol. The van der Waals surface area contributed by atoms with E-state index in [1.807, 2.05) is 32.0 Å². The van der Waals surface area contributed by atoms with Gasteiger partial charge in [-0.1, -0.05) is 18.2 Å². The zero-order chi connectivity index (χ0) is 15.0. The van der Waals surface area contributed by atoms with E-state index in [2.05, 4.69) is 4.98 Å². The van der Waals surface area contributed by atoms with Gasteiger partial charge in [-0.15, -0.1) is 0 Å². The van der Waals surface area contributed by atoms with Crippen molar-refractivity contribution in [2.45, 2.75) is 26.1 Å². The Balaban J connectivity index is 2.03. The largest absolute Gasteiger partial charge is 0.372 e. The standard InChI is InChI=1S/C16H18N2O3/c1-10-8-18(9-11(2)21-10)16(20)13-7-15(19)17-14-6-4-3-5-12(13)14/h3-7,10-11H,8-9H2,1-2H3,(H,17,19)/t10-,11-/m1/s1. The number of aromatic amines is 1. The third-order valence-electron chi connectivity index (χ3n) is 3.69. The Morgan fingerprint density at radius 1 is 1.24 bits per heavy atom. The fourth-order valence-electron chi connectivity index (χ4n) is 2.90. The van der Waals surface area contributed by atoms with Crippen molar-refractivity contribution in [1.29, 1.82) is 0 Å². The highest BCUT2D eigenvalue weighted by atomic mass is 16.5. The van der Waals surface area contributed by atoms with Crippen LogP contribution in [0.4, 0.5) is 0 Å². The summed E-state index contributed by atoms with van der Waals surface area (Å²) in [6, 6.07) is 8.74. The molecular weight excluding hydrogens is 268 g/mol. The minimum absolute atomic E-state index is 0.00552. The first-order chi connectivity index (χ1) is 10.0. The predicted octanol–water partition coefficient (Wildman–Crippen LogP) is 1.78. The summed E-state index contributed by atoms with van der Waals surface area (Å²) >= 11 is 0. The number of hydrogen-bond donors (Lipinski definition) is 1. The normalized spacial score (nSPS) is 22.5. The van der Waals surface area contributed by atoms with Gasteiger partial charge in [0.1, 0.15) is 0 Å². The summed E-state index contributed by atoms with van der Waals surface area (Å²) < 4.78 is 5.65. The topological polar surface area (TPSA) is 62.4 Å². The Labute approximate surface area is 122 Å². The number of rotatable bonds is 1. The molecule has 1 N–H and O–H groups in total. The highest BCUT2D eigenvalue weighted by Crippen LogP contribution is 2.19. The number of ether oxygens (including phenoxy) is 1. The lowest BCUT2D eigenvalue weighted by Gasteiger charge is -2.35. The van der Waals surface area contributed by atoms with Crippen LogP contribution >= 0.6 is 0 Å². The van der Waals surface area contributed by atoms with E-state index in [0.29, 0.717) is 24.2 Å². The fourth-order valence-corrected chi connectivity index (χ4v) is 2.90. The van der Waals surface area contributed by atoms with E-state index < -0.39 is 0 Å². The molecule has 1 amide bonds. The maximum Gasteiger partial charge on any atom is 0.254 e. The third-order valence-corrected chi connectivity index (χ3v) is 3.69. The molecule has 1 aliphatic heterocycles. The van der Waals surface area contributed by atoms with Crippen LogP contribution in [-0.4, -0.2) is 41.1 Å². The summed E-state index contributed by atoms with van der Waals surface area (Å²) in [6.45, 7) is 4.99. The van der Waals surface area contributed by atoms with Gasteiger partial charge in [0.25, 0.3) is 5.91 Å². The van der Waals surface area contributed by atoms with Gasteiger partial charge in [-0.3, -0.25) is 9.59 Å². The van der Waals surface area contributed by atoms with Gasteiger partial charge in [0.15, 0.2) is 0 Å². The highest BCUT2D eigenvalue weighted by molar-refractivity contribution is 6.06. The van der Waals surface area contributed by atoms with Crippen LogP contribution in [0.15, 0.2) is 35.1 Å². The molecule has 1 aromatic heterocycles. The molecule has 2 aromatic rings. The van der Waals surface area contributed by atoms with Gasteiger partial charge in [0.05, 0.1) is 17.8 Å². The summed E-state index contributed by atoms with van der Waals surface area (Å²) in [5.74, 6) is -0.112. The lowest BCUT2D eigenvalue weighted by Crippen LogP contribution is -2.48. The van der Waals surface area contributed by atoms with E-state index >= 15 is 0 Å². The number of hydrogen-bond acceptors (Lipinski definition) is 3. The Hall–Kier alpha value is -2.14. The minimum atomic E-state index is -0.258. The predicted molar refractivity (Wildman–Crippen MR) is 80.5 cm³/mol. The fraction of sp³-hybridized carbons (Fsp3) is 0.375. The molecule has 1 aromatic carbocycles. The minimum Gasteiger partial charge on any atom is -0.372 e. The zero-order valence-electron chi connectivity index (χ0n) is 12.1. The van der Waals surface area contributed by atoms with Crippen LogP contribution in [0, 0.1) is 0 Å². The number of morpholine rings is 1. The average Bonchev–Trinajstić information content (AvgIpc) is 2.44. The van der Waals surface area contributed by atoms with E-state index in [4.69, 9.17) is 4.74 Å². The number of H-pyrrole nitrogens is 1. The van der Waals surface area contributed by atoms with Crippen molar-refractivity contribution < 1.29 is 9.53 Å². The number of fused-ring (bicyclic) bond motifs is 1. The molecule has 21 heavy (non-hydrogen) atoms. The van der Waals surface area contributed by atoms with Gasteiger partial charge in [0, 0.05) is 30.1 Å². The van der Waals surface area contributed by atoms with E-state index in [1.165, 1.54) is 6.07 Å². The van der Waals surface area contributed by atoms with Crippen molar-refractivity contribution in [3.05, 3.63) is 46.2 Å². The molecule has 1 fully saturated rings. The summed E-state index contributed by atoms with van der Waals surface area (Å²) in [7, 11) is 0. The maximum atomic E-state index is 12.8. The van der Waals surface area contributed by atoms with E-state index in [9.17, 15) is 9.59 Å². The number of benzene rings is 1. The molecule has 1 aliphatic rings. The van der Waals surface area contributed by atoms with Crippen LogP contribution in [0.3, 0.4) is 0 Å². The van der Waals surface area contributed by atoms with E-state index in [0.717, 1.165) is 5.39 Å². The molecule has 0 saturated carbocycles. The first-order valence-electron chi connectivity index (χ1n) is 7.11. The molecule has 0 aliphatic carbocycles. The summed E-state index contributed by atoms with van der Waals surface area (Å²) in [5, 5.41) is 0.772. The molecule has 0 unspecified atom stereocenters. The highest BCUT2D eigenvalue weighted by Gasteiger charge is 2.27. The Bertz CT molecular complexity index is 728. The van der Waals surface area contributed by atoms with Crippen LogP contribution in [0.25, 0.3) is 10.9 Å². The van der Waals surface area contributed by atoms with Crippen molar-refractivity contribution in [2.24, 2.45) is 0 Å². The quantitative estimate of drug-likeness (QED) is 0.869. The molecule has 1 saturated heterocycles. The molecule has 3 rings (SSSR count). The van der Waals surface area contributed by atoms with Gasteiger partial charge in [-0.25, -0.2) is 0 Å². The molecule has 2 atom stereocenters. The van der Waals surface area contributed by atoms with Gasteiger partial charge in [-0.2, -0.15) is 0 Å². The van der Waals surface area contributed by atoms with Crippen molar-refractivity contribution >= 4 is 16.8 Å². The van der Waals surface area contributed by atoms with Crippen LogP contribution in [0.1, 0.15) is 24.2 Å². The van der Waals surface area contributed by atoms with Crippen molar-refractivity contribution in [2.75, 3.05) is 13.1 Å². The Morgan fingerprint density at radius 3 is 2.62 bits per heavy atom. The van der Waals surface area contributed by atoms with Crippen LogP contribution in [-0.2, 0) is 4.74 Å². The summed E-state index contributed by atoms with van der Waals surface area (Å²) in [5.41, 5.74) is 0.879. The summed E-state index contributed by atoms with van der Waals surface area (Å²) in [6.07, 6.45) is 0.0110.